The van der Waals surface area contributed by atoms with Gasteiger partial charge in [-0.3, -0.25) is 14.5 Å². The van der Waals surface area contributed by atoms with Crippen molar-refractivity contribution < 1.29 is 19.4 Å². The van der Waals surface area contributed by atoms with Gasteiger partial charge >= 0.3 is 5.97 Å². The first kappa shape index (κ1) is 20.2. The first-order valence-electron chi connectivity index (χ1n) is 9.14. The van der Waals surface area contributed by atoms with Crippen molar-refractivity contribution in [3.8, 4) is 5.75 Å². The number of rotatable bonds is 7. The molecule has 1 heterocycles. The third kappa shape index (κ3) is 3.70. The highest BCUT2D eigenvalue weighted by atomic mass is 16.5. The Kier molecular flexibility index (Phi) is 6.29. The van der Waals surface area contributed by atoms with Gasteiger partial charge in [0.1, 0.15) is 11.3 Å². The van der Waals surface area contributed by atoms with Crippen LogP contribution in [-0.4, -0.2) is 48.1 Å². The SMILES string of the molecule is CC[C@]1(C(=O)O)C[C@@H](C(=O)NCC(C)C)[C@@H](c2ccc(OC)cc2)N1C. The summed E-state index contributed by atoms with van der Waals surface area (Å²) < 4.78 is 5.21. The molecule has 26 heavy (non-hydrogen) atoms. The Bertz CT molecular complexity index is 644. The van der Waals surface area contributed by atoms with Crippen LogP contribution < -0.4 is 10.1 Å². The Morgan fingerprint density at radius 3 is 2.42 bits per heavy atom. The number of hydrogen-bond acceptors (Lipinski definition) is 4. The summed E-state index contributed by atoms with van der Waals surface area (Å²) >= 11 is 0. The molecule has 1 aliphatic rings. The van der Waals surface area contributed by atoms with Crippen LogP contribution in [0.25, 0.3) is 0 Å². The number of hydrogen-bond donors (Lipinski definition) is 2. The van der Waals surface area contributed by atoms with Crippen LogP contribution in [0.2, 0.25) is 0 Å². The van der Waals surface area contributed by atoms with Gasteiger partial charge in [-0.05, 0) is 43.5 Å². The van der Waals surface area contributed by atoms with Gasteiger partial charge in [0, 0.05) is 12.6 Å². The van der Waals surface area contributed by atoms with Crippen molar-refractivity contribution in [2.45, 2.75) is 45.2 Å². The molecule has 0 bridgehead atoms. The first-order chi connectivity index (χ1) is 12.3. The lowest BCUT2D eigenvalue weighted by molar-refractivity contribution is -0.150. The summed E-state index contributed by atoms with van der Waals surface area (Å²) in [5, 5.41) is 12.9. The molecule has 0 aliphatic carbocycles. The number of carboxylic acids is 1. The lowest BCUT2D eigenvalue weighted by Crippen LogP contribution is -2.48. The number of carbonyl (C=O) groups is 2. The third-order valence-corrected chi connectivity index (χ3v) is 5.49. The Morgan fingerprint density at radius 1 is 1.35 bits per heavy atom. The van der Waals surface area contributed by atoms with E-state index in [-0.39, 0.29) is 11.9 Å². The van der Waals surface area contributed by atoms with Crippen LogP contribution >= 0.6 is 0 Å². The van der Waals surface area contributed by atoms with Gasteiger partial charge < -0.3 is 15.2 Å². The summed E-state index contributed by atoms with van der Waals surface area (Å²) in [7, 11) is 3.41. The van der Waals surface area contributed by atoms with E-state index in [1.807, 2.05) is 57.0 Å². The maximum absolute atomic E-state index is 12.9. The summed E-state index contributed by atoms with van der Waals surface area (Å²) in [5.41, 5.74) is -0.112. The van der Waals surface area contributed by atoms with Crippen LogP contribution in [0.15, 0.2) is 24.3 Å². The van der Waals surface area contributed by atoms with E-state index in [0.717, 1.165) is 11.3 Å². The molecule has 1 saturated heterocycles. The van der Waals surface area contributed by atoms with Crippen molar-refractivity contribution in [1.29, 1.82) is 0 Å². The average Bonchev–Trinajstić information content (AvgIpc) is 2.93. The number of nitrogens with one attached hydrogen (secondary N) is 1. The fraction of sp³-hybridized carbons (Fsp3) is 0.600. The van der Waals surface area contributed by atoms with Crippen LogP contribution in [0.3, 0.4) is 0 Å². The van der Waals surface area contributed by atoms with Gasteiger partial charge in [-0.15, -0.1) is 0 Å². The summed E-state index contributed by atoms with van der Waals surface area (Å²) in [6.45, 7) is 6.52. The molecule has 6 nitrogen and oxygen atoms in total. The molecule has 1 aromatic rings. The van der Waals surface area contributed by atoms with Crippen molar-refractivity contribution in [2.75, 3.05) is 20.7 Å². The summed E-state index contributed by atoms with van der Waals surface area (Å²) in [4.78, 5) is 26.8. The predicted octanol–water partition coefficient (Wildman–Crippen LogP) is 2.69. The van der Waals surface area contributed by atoms with Gasteiger partial charge in [-0.2, -0.15) is 0 Å². The maximum Gasteiger partial charge on any atom is 0.324 e. The number of benzene rings is 1. The van der Waals surface area contributed by atoms with Crippen LogP contribution in [0.4, 0.5) is 0 Å². The minimum atomic E-state index is -1.04. The molecule has 0 radical (unpaired) electrons. The number of carboxylic acid groups (broad SMARTS) is 1. The molecule has 1 aliphatic heterocycles. The van der Waals surface area contributed by atoms with Crippen LogP contribution in [0.5, 0.6) is 5.75 Å². The lowest BCUT2D eigenvalue weighted by atomic mass is 9.87. The van der Waals surface area contributed by atoms with Gasteiger partial charge in [0.2, 0.25) is 5.91 Å². The molecule has 3 atom stereocenters. The van der Waals surface area contributed by atoms with E-state index in [9.17, 15) is 14.7 Å². The van der Waals surface area contributed by atoms with Crippen LogP contribution in [0.1, 0.15) is 45.2 Å². The number of aliphatic carboxylic acids is 1. The number of carbonyl (C=O) groups excluding carboxylic acids is 1. The van der Waals surface area contributed by atoms with Crippen molar-refractivity contribution in [1.82, 2.24) is 10.2 Å². The summed E-state index contributed by atoms with van der Waals surface area (Å²) in [6, 6.07) is 7.23. The number of nitrogens with zero attached hydrogens (tertiary/aromatic N) is 1. The van der Waals surface area contributed by atoms with Gasteiger partial charge in [-0.25, -0.2) is 0 Å². The molecule has 6 heteroatoms. The molecule has 1 amide bonds. The Morgan fingerprint density at radius 2 is 1.96 bits per heavy atom. The van der Waals surface area contributed by atoms with E-state index in [2.05, 4.69) is 5.32 Å². The molecular formula is C20H30N2O4. The molecule has 0 unspecified atom stereocenters. The highest BCUT2D eigenvalue weighted by molar-refractivity contribution is 5.85. The third-order valence-electron chi connectivity index (χ3n) is 5.49. The second-order valence-electron chi connectivity index (χ2n) is 7.47. The smallest absolute Gasteiger partial charge is 0.324 e. The van der Waals surface area contributed by atoms with Crippen molar-refractivity contribution in [3.05, 3.63) is 29.8 Å². The molecular weight excluding hydrogens is 332 g/mol. The van der Waals surface area contributed by atoms with Gasteiger partial charge in [-0.1, -0.05) is 32.9 Å². The lowest BCUT2D eigenvalue weighted by Gasteiger charge is -2.34. The standard InChI is InChI=1S/C20H30N2O4/c1-6-20(19(24)25)11-16(18(23)21-12-13(2)3)17(22(20)4)14-7-9-15(26-5)10-8-14/h7-10,13,16-17H,6,11-12H2,1-5H3,(H,21,23)(H,24,25)/t16-,17-,20-/m1/s1. The van der Waals surface area contributed by atoms with Crippen LogP contribution in [-0.2, 0) is 9.59 Å². The number of amides is 1. The zero-order chi connectivity index (χ0) is 19.5. The van der Waals surface area contributed by atoms with Crippen molar-refractivity contribution in [3.63, 3.8) is 0 Å². The molecule has 144 valence electrons. The molecule has 0 spiro atoms. The quantitative estimate of drug-likeness (QED) is 0.780. The second-order valence-corrected chi connectivity index (χ2v) is 7.47. The zero-order valence-electron chi connectivity index (χ0n) is 16.3. The van der Waals surface area contributed by atoms with Crippen LogP contribution in [0, 0.1) is 11.8 Å². The average molecular weight is 362 g/mol. The number of likely N-dealkylation sites (N-methyl/N-ethyl adjacent to an activating group) is 1. The van der Waals surface area contributed by atoms with Gasteiger partial charge in [0.15, 0.2) is 0 Å². The number of likely N-dealkylation sites (tertiary alicyclic amines) is 1. The highest BCUT2D eigenvalue weighted by Crippen LogP contribution is 2.47. The normalized spacial score (nSPS) is 26.1. The molecule has 0 aromatic heterocycles. The topological polar surface area (TPSA) is 78.9 Å². The highest BCUT2D eigenvalue weighted by Gasteiger charge is 2.56. The fourth-order valence-corrected chi connectivity index (χ4v) is 3.87. The fourth-order valence-electron chi connectivity index (χ4n) is 3.87. The molecule has 0 saturated carbocycles. The summed E-state index contributed by atoms with van der Waals surface area (Å²) in [5.74, 6) is -0.297. The molecule has 1 aromatic carbocycles. The zero-order valence-corrected chi connectivity index (χ0v) is 16.3. The summed E-state index contributed by atoms with van der Waals surface area (Å²) in [6.07, 6.45) is 0.745. The Balaban J connectivity index is 2.40. The van der Waals surface area contributed by atoms with Crippen molar-refractivity contribution in [2.24, 2.45) is 11.8 Å². The minimum absolute atomic E-state index is 0.0806. The maximum atomic E-state index is 12.9. The van der Waals surface area contributed by atoms with Gasteiger partial charge in [0.25, 0.3) is 0 Å². The Labute approximate surface area is 155 Å². The minimum Gasteiger partial charge on any atom is -0.497 e. The monoisotopic (exact) mass is 362 g/mol. The van der Waals surface area contributed by atoms with E-state index >= 15 is 0 Å². The van der Waals surface area contributed by atoms with E-state index < -0.39 is 17.4 Å². The van der Waals surface area contributed by atoms with E-state index in [1.54, 1.807) is 7.11 Å². The van der Waals surface area contributed by atoms with E-state index in [0.29, 0.717) is 25.3 Å². The predicted molar refractivity (Wildman–Crippen MR) is 100 cm³/mol. The van der Waals surface area contributed by atoms with E-state index in [4.69, 9.17) is 4.74 Å². The Hall–Kier alpha value is -2.08. The van der Waals surface area contributed by atoms with Crippen molar-refractivity contribution >= 4 is 11.9 Å². The molecule has 1 fully saturated rings. The molecule has 2 rings (SSSR count). The van der Waals surface area contributed by atoms with Gasteiger partial charge in [0.05, 0.1) is 13.0 Å². The largest absolute Gasteiger partial charge is 0.497 e. The molecule has 2 N–H and O–H groups in total. The number of methoxy groups -OCH3 is 1. The number of ether oxygens (including phenoxy) is 1. The first-order valence-corrected chi connectivity index (χ1v) is 9.14. The van der Waals surface area contributed by atoms with E-state index in [1.165, 1.54) is 0 Å². The second kappa shape index (κ2) is 8.08.